The first-order chi connectivity index (χ1) is 15.8. The lowest BCUT2D eigenvalue weighted by molar-refractivity contribution is 0.0995. The molecule has 0 spiro atoms. The molecule has 1 unspecified atom stereocenters. The average molecular weight is 448 g/mol. The predicted octanol–water partition coefficient (Wildman–Crippen LogP) is 2.93. The Kier molecular flexibility index (Phi) is 5.25. The van der Waals surface area contributed by atoms with Crippen LogP contribution in [0.3, 0.4) is 0 Å². The summed E-state index contributed by atoms with van der Waals surface area (Å²) in [5.41, 5.74) is 3.36. The van der Waals surface area contributed by atoms with Crippen molar-refractivity contribution >= 4 is 17.5 Å². The zero-order chi connectivity index (χ0) is 23.3. The van der Waals surface area contributed by atoms with E-state index < -0.39 is 0 Å². The molecule has 5 heterocycles. The molecule has 0 saturated carbocycles. The number of carbonyl (C=O) groups excluding carboxylic acids is 1. The summed E-state index contributed by atoms with van der Waals surface area (Å²) in [7, 11) is 4.12. The van der Waals surface area contributed by atoms with E-state index in [2.05, 4.69) is 43.3 Å². The van der Waals surface area contributed by atoms with E-state index in [9.17, 15) is 4.79 Å². The number of likely N-dealkylation sites (tertiary alicyclic amines) is 1. The minimum absolute atomic E-state index is 0.0271. The molecule has 0 radical (unpaired) electrons. The molecule has 0 aromatic carbocycles. The maximum absolute atomic E-state index is 13.6. The van der Waals surface area contributed by atoms with Gasteiger partial charge in [0.1, 0.15) is 17.8 Å². The van der Waals surface area contributed by atoms with E-state index in [0.29, 0.717) is 36.5 Å². The van der Waals surface area contributed by atoms with Gasteiger partial charge in [-0.3, -0.25) is 14.2 Å². The minimum Gasteiger partial charge on any atom is -0.314 e. The molecular formula is C24H31N8O+. The summed E-state index contributed by atoms with van der Waals surface area (Å²) in [5.74, 6) is 2.25. The monoisotopic (exact) mass is 447 g/mol. The highest BCUT2D eigenvalue weighted by molar-refractivity contribution is 6.10. The first-order valence-corrected chi connectivity index (χ1v) is 11.6. The number of fused-ring (bicyclic) bond motifs is 1. The molecule has 0 bridgehead atoms. The lowest BCUT2D eigenvalue weighted by Gasteiger charge is -2.46. The lowest BCUT2D eigenvalue weighted by atomic mass is 9.99. The Morgan fingerprint density at radius 3 is 2.76 bits per heavy atom. The molecule has 3 aromatic heterocycles. The molecule has 5 rings (SSSR count). The van der Waals surface area contributed by atoms with Gasteiger partial charge >= 0.3 is 0 Å². The van der Waals surface area contributed by atoms with Crippen molar-refractivity contribution in [3.63, 3.8) is 0 Å². The van der Waals surface area contributed by atoms with Crippen molar-refractivity contribution < 1.29 is 4.79 Å². The highest BCUT2D eigenvalue weighted by Crippen LogP contribution is 2.37. The van der Waals surface area contributed by atoms with Gasteiger partial charge in [0.05, 0.1) is 37.4 Å². The fraction of sp³-hybridized carbons (Fsp3) is 0.458. The molecular weight excluding hydrogens is 416 g/mol. The van der Waals surface area contributed by atoms with Crippen LogP contribution in [0.1, 0.15) is 54.8 Å². The summed E-state index contributed by atoms with van der Waals surface area (Å²) in [6.45, 7) is 8.53. The van der Waals surface area contributed by atoms with Crippen molar-refractivity contribution in [2.75, 3.05) is 25.5 Å². The van der Waals surface area contributed by atoms with Crippen LogP contribution in [0.5, 0.6) is 0 Å². The zero-order valence-corrected chi connectivity index (χ0v) is 19.9. The number of hydrogen-bond acceptors (Lipinski definition) is 6. The Balaban J connectivity index is 1.53. The van der Waals surface area contributed by atoms with Crippen molar-refractivity contribution in [2.24, 2.45) is 0 Å². The van der Waals surface area contributed by atoms with Crippen LogP contribution in [-0.4, -0.2) is 57.3 Å². The second-order valence-corrected chi connectivity index (χ2v) is 9.54. The summed E-state index contributed by atoms with van der Waals surface area (Å²) in [6, 6.07) is 8.41. The smallest absolute Gasteiger partial charge is 0.260 e. The zero-order valence-electron chi connectivity index (χ0n) is 19.9. The van der Waals surface area contributed by atoms with Gasteiger partial charge in [-0.2, -0.15) is 4.98 Å². The highest BCUT2D eigenvalue weighted by atomic mass is 16.2. The van der Waals surface area contributed by atoms with Crippen molar-refractivity contribution in [2.45, 2.75) is 52.4 Å². The summed E-state index contributed by atoms with van der Waals surface area (Å²) >= 11 is 0. The number of carbonyl (C=O) groups is 1. The number of pyridine rings is 2. The number of anilines is 1. The molecule has 33 heavy (non-hydrogen) atoms. The molecule has 2 aliphatic heterocycles. The maximum Gasteiger partial charge on any atom is 0.260 e. The van der Waals surface area contributed by atoms with Gasteiger partial charge in [0.15, 0.2) is 5.82 Å². The number of rotatable bonds is 6. The summed E-state index contributed by atoms with van der Waals surface area (Å²) in [4.78, 5) is 25.2. The van der Waals surface area contributed by atoms with E-state index in [0.717, 1.165) is 33.7 Å². The van der Waals surface area contributed by atoms with E-state index in [1.54, 1.807) is 11.2 Å². The van der Waals surface area contributed by atoms with Gasteiger partial charge in [-0.25, -0.2) is 4.98 Å². The highest BCUT2D eigenvalue weighted by Gasteiger charge is 2.44. The second-order valence-electron chi connectivity index (χ2n) is 9.54. The molecule has 2 atom stereocenters. The Morgan fingerprint density at radius 2 is 2.09 bits per heavy atom. The summed E-state index contributed by atoms with van der Waals surface area (Å²) in [6.07, 6.45) is 2.89. The number of amides is 1. The fourth-order valence-corrected chi connectivity index (χ4v) is 4.73. The topological polar surface area (TPSA) is 88.8 Å². The van der Waals surface area contributed by atoms with Crippen LogP contribution < -0.4 is 14.7 Å². The Labute approximate surface area is 194 Å². The molecule has 9 nitrogen and oxygen atoms in total. The van der Waals surface area contributed by atoms with E-state index >= 15 is 0 Å². The lowest BCUT2D eigenvalue weighted by Crippen LogP contribution is -2.63. The third-order valence-corrected chi connectivity index (χ3v) is 7.21. The van der Waals surface area contributed by atoms with Gasteiger partial charge in [-0.1, -0.05) is 6.07 Å². The summed E-state index contributed by atoms with van der Waals surface area (Å²) < 4.78 is 2.75. The maximum atomic E-state index is 13.6. The van der Waals surface area contributed by atoms with Crippen molar-refractivity contribution in [1.82, 2.24) is 34.5 Å². The molecule has 9 heteroatoms. The Hall–Kier alpha value is -3.17. The quantitative estimate of drug-likeness (QED) is 0.585. The third kappa shape index (κ3) is 3.43. The predicted molar refractivity (Wildman–Crippen MR) is 128 cm³/mol. The fourth-order valence-electron chi connectivity index (χ4n) is 4.73. The van der Waals surface area contributed by atoms with Gasteiger partial charge in [0.2, 0.25) is 5.82 Å². The molecule has 3 aromatic rings. The van der Waals surface area contributed by atoms with Crippen molar-refractivity contribution in [3.8, 4) is 11.5 Å². The number of aromatic nitrogens is 5. The Morgan fingerprint density at radius 1 is 1.27 bits per heavy atom. The van der Waals surface area contributed by atoms with E-state index in [1.807, 2.05) is 35.9 Å². The van der Waals surface area contributed by atoms with E-state index in [-0.39, 0.29) is 11.9 Å². The molecule has 0 aliphatic carbocycles. The molecule has 1 saturated heterocycles. The van der Waals surface area contributed by atoms with Gasteiger partial charge in [-0.05, 0) is 40.0 Å². The minimum atomic E-state index is -0.0271. The van der Waals surface area contributed by atoms with Crippen molar-refractivity contribution in [1.29, 1.82) is 0 Å². The molecule has 1 fully saturated rings. The molecule has 1 N–H and O–H groups in total. The van der Waals surface area contributed by atoms with Crippen LogP contribution >= 0.6 is 0 Å². The first kappa shape index (κ1) is 21.7. The number of nitrogens with one attached hydrogen (secondary N) is 1. The third-order valence-electron chi connectivity index (χ3n) is 7.21. The van der Waals surface area contributed by atoms with Gasteiger partial charge in [0, 0.05) is 30.6 Å². The number of hydrogen-bond donors (Lipinski definition) is 1. The van der Waals surface area contributed by atoms with Crippen LogP contribution in [0, 0.1) is 0 Å². The average Bonchev–Trinajstić information content (AvgIpc) is 3.43. The van der Waals surface area contributed by atoms with Crippen LogP contribution in [-0.2, 0) is 13.1 Å². The molecule has 172 valence electrons. The van der Waals surface area contributed by atoms with Gasteiger partial charge in [0.25, 0.3) is 5.91 Å². The molecule has 1 amide bonds. The largest absolute Gasteiger partial charge is 0.314 e. The number of quaternary nitrogens is 1. The first-order valence-electron chi connectivity index (χ1n) is 11.6. The van der Waals surface area contributed by atoms with E-state index in [4.69, 9.17) is 9.97 Å². The van der Waals surface area contributed by atoms with Crippen LogP contribution in [0.15, 0.2) is 30.6 Å². The second kappa shape index (κ2) is 8.00. The number of nitrogens with zero attached hydrogens (tertiary/aromatic N) is 7. The van der Waals surface area contributed by atoms with Gasteiger partial charge in [-0.15, -0.1) is 10.2 Å². The van der Waals surface area contributed by atoms with Crippen molar-refractivity contribution in [3.05, 3.63) is 47.4 Å². The SMILES string of the molecule is CNCc1nc([N+]2(C)CC[C@H]2C)cc2c1CN(c1cccc(-c3nncn3C(C)C)n1)C2=O. The van der Waals surface area contributed by atoms with Crippen LogP contribution in [0.4, 0.5) is 11.6 Å². The Bertz CT molecular complexity index is 1220. The molecule has 2 aliphatic rings. The van der Waals surface area contributed by atoms with Crippen LogP contribution in [0.2, 0.25) is 0 Å². The van der Waals surface area contributed by atoms with E-state index in [1.165, 1.54) is 6.42 Å². The van der Waals surface area contributed by atoms with Gasteiger partial charge < -0.3 is 9.88 Å². The summed E-state index contributed by atoms with van der Waals surface area (Å²) in [5, 5.41) is 11.5. The normalized spacial score (nSPS) is 22.1. The standard InChI is InChI=1S/C24H31N8O/c1-15(2)31-14-26-29-23(31)19-7-6-8-21(27-19)30-13-18-17(24(30)33)11-22(28-20(18)12-25-4)32(5)10-9-16(32)3/h6-8,11,14-16,25H,9-10,12-13H2,1-5H3/q+1/t16-,32?/m1/s1. The van der Waals surface area contributed by atoms with Crippen LogP contribution in [0.25, 0.3) is 11.5 Å².